The lowest BCUT2D eigenvalue weighted by atomic mass is 9.89. The fraction of sp³-hybridized carbons (Fsp3) is 0.513. The second-order valence-electron chi connectivity index (χ2n) is 14.3. The highest BCUT2D eigenvalue weighted by atomic mass is 35.5. The fourth-order valence-corrected chi connectivity index (χ4v) is 7.73. The molecule has 2 aliphatic rings. The number of halogens is 2. The summed E-state index contributed by atoms with van der Waals surface area (Å²) >= 11 is 6.33. The van der Waals surface area contributed by atoms with Crippen LogP contribution in [0.4, 0.5) is 4.39 Å². The molecule has 0 spiro atoms. The van der Waals surface area contributed by atoms with Crippen molar-refractivity contribution >= 4 is 28.5 Å². The molecular weight excluding hydrogens is 653 g/mol. The second-order valence-corrected chi connectivity index (χ2v) is 14.7. The molecule has 4 aromatic rings. The summed E-state index contributed by atoms with van der Waals surface area (Å²) in [5.41, 5.74) is 9.75. The first kappa shape index (κ1) is 36.2. The van der Waals surface area contributed by atoms with Gasteiger partial charge in [0, 0.05) is 62.0 Å². The van der Waals surface area contributed by atoms with Gasteiger partial charge in [0.2, 0.25) is 0 Å². The largest absolute Gasteiger partial charge is 0.388 e. The minimum Gasteiger partial charge on any atom is -0.388 e. The summed E-state index contributed by atoms with van der Waals surface area (Å²) in [5, 5.41) is 0.806. The van der Waals surface area contributed by atoms with Crippen LogP contribution >= 0.6 is 11.6 Å². The lowest BCUT2D eigenvalue weighted by Gasteiger charge is -2.43. The van der Waals surface area contributed by atoms with Crippen LogP contribution in [-0.4, -0.2) is 82.1 Å². The van der Waals surface area contributed by atoms with Crippen LogP contribution in [0.5, 0.6) is 0 Å². The number of morpholine rings is 1. The Morgan fingerprint density at radius 1 is 1.14 bits per heavy atom. The van der Waals surface area contributed by atoms with Crippen LogP contribution in [0.2, 0.25) is 5.02 Å². The van der Waals surface area contributed by atoms with Gasteiger partial charge < -0.3 is 15.5 Å². The summed E-state index contributed by atoms with van der Waals surface area (Å²) in [7, 11) is 0. The molecule has 6 rings (SSSR count). The monoisotopic (exact) mass is 703 g/mol. The van der Waals surface area contributed by atoms with Crippen molar-refractivity contribution in [1.82, 2.24) is 24.3 Å². The molecule has 50 heavy (non-hydrogen) atoms. The molecule has 0 amide bonds. The lowest BCUT2D eigenvalue weighted by molar-refractivity contribution is 0.0181. The van der Waals surface area contributed by atoms with E-state index in [-0.39, 0.29) is 11.1 Å². The molecule has 0 radical (unpaired) electrons. The van der Waals surface area contributed by atoms with Crippen molar-refractivity contribution in [1.29, 1.82) is 0 Å². The van der Waals surface area contributed by atoms with Crippen LogP contribution < -0.4 is 11.4 Å². The van der Waals surface area contributed by atoms with Crippen LogP contribution in [0, 0.1) is 11.7 Å². The Labute approximate surface area is 299 Å². The molecule has 2 saturated heterocycles. The normalized spacial score (nSPS) is 19.5. The number of hydrogen-bond acceptors (Lipinski definition) is 6. The molecule has 2 aromatic heterocycles. The molecule has 9 nitrogen and oxygen atoms in total. The summed E-state index contributed by atoms with van der Waals surface area (Å²) in [4.78, 5) is 30.5. The van der Waals surface area contributed by atoms with E-state index in [0.29, 0.717) is 40.1 Å². The number of likely N-dealkylation sites (tertiary alicyclic amines) is 1. The molecule has 0 saturated carbocycles. The summed E-state index contributed by atoms with van der Waals surface area (Å²) in [6, 6.07) is 14.4. The minimum atomic E-state index is -0.484. The van der Waals surface area contributed by atoms with E-state index in [1.807, 2.05) is 31.2 Å². The molecule has 2 aliphatic heterocycles. The van der Waals surface area contributed by atoms with Crippen molar-refractivity contribution in [2.24, 2.45) is 16.6 Å². The van der Waals surface area contributed by atoms with Crippen molar-refractivity contribution in [3.8, 4) is 16.9 Å². The maximum absolute atomic E-state index is 15.3. The number of aryl methyl sites for hydroxylation is 1. The highest BCUT2D eigenvalue weighted by Gasteiger charge is 2.31. The molecular formula is C39H51ClFN7O2. The van der Waals surface area contributed by atoms with Gasteiger partial charge in [-0.2, -0.15) is 4.98 Å². The van der Waals surface area contributed by atoms with Crippen molar-refractivity contribution in [2.45, 2.75) is 77.8 Å². The van der Waals surface area contributed by atoms with Gasteiger partial charge in [0.15, 0.2) is 5.82 Å². The Kier molecular flexibility index (Phi) is 12.1. The van der Waals surface area contributed by atoms with E-state index in [1.165, 1.54) is 5.56 Å². The van der Waals surface area contributed by atoms with Crippen LogP contribution in [-0.2, 0) is 11.2 Å². The van der Waals surface area contributed by atoms with Crippen LogP contribution in [0.15, 0.2) is 58.4 Å². The van der Waals surface area contributed by atoms with Gasteiger partial charge in [-0.3, -0.25) is 19.4 Å². The van der Waals surface area contributed by atoms with Gasteiger partial charge in [-0.1, -0.05) is 44.0 Å². The molecule has 0 unspecified atom stereocenters. The SMILES string of the molecule is CC(N)=NCC[C@@H]1CCC[C@@H](c2ccc(-n3cc4cc(-c5cc(CCCC(C)C)cc(Cl)c5F)[nH]c4nc3=O)cc2)N1CCN1CCOCC1. The quantitative estimate of drug-likeness (QED) is 0.113. The van der Waals surface area contributed by atoms with Crippen LogP contribution in [0.1, 0.15) is 76.5 Å². The Balaban J connectivity index is 1.23. The number of aliphatic imine (C=N–C) groups is 1. The van der Waals surface area contributed by atoms with E-state index in [9.17, 15) is 4.79 Å². The smallest absolute Gasteiger partial charge is 0.354 e. The van der Waals surface area contributed by atoms with Crippen molar-refractivity contribution in [3.63, 3.8) is 0 Å². The number of nitrogens with two attached hydrogens (primary N) is 1. The number of ether oxygens (including phenoxy) is 1. The molecule has 11 heteroatoms. The predicted molar refractivity (Wildman–Crippen MR) is 201 cm³/mol. The van der Waals surface area contributed by atoms with Crippen molar-refractivity contribution in [2.75, 3.05) is 45.9 Å². The van der Waals surface area contributed by atoms with Gasteiger partial charge in [0.25, 0.3) is 0 Å². The second kappa shape index (κ2) is 16.6. The van der Waals surface area contributed by atoms with Crippen molar-refractivity contribution < 1.29 is 9.13 Å². The van der Waals surface area contributed by atoms with E-state index < -0.39 is 11.5 Å². The van der Waals surface area contributed by atoms with E-state index in [1.54, 1.807) is 16.8 Å². The maximum Gasteiger partial charge on any atom is 0.354 e. The summed E-state index contributed by atoms with van der Waals surface area (Å²) in [5.74, 6) is 0.749. The number of amidine groups is 1. The highest BCUT2D eigenvalue weighted by molar-refractivity contribution is 6.31. The molecule has 4 heterocycles. The van der Waals surface area contributed by atoms with Crippen molar-refractivity contribution in [3.05, 3.63) is 81.1 Å². The van der Waals surface area contributed by atoms with Gasteiger partial charge >= 0.3 is 5.69 Å². The Morgan fingerprint density at radius 3 is 2.66 bits per heavy atom. The highest BCUT2D eigenvalue weighted by Crippen LogP contribution is 2.36. The number of fused-ring (bicyclic) bond motifs is 1. The third kappa shape index (κ3) is 8.83. The third-order valence-corrected chi connectivity index (χ3v) is 10.5. The molecule has 0 aliphatic carbocycles. The molecule has 2 aromatic carbocycles. The van der Waals surface area contributed by atoms with E-state index in [0.717, 1.165) is 102 Å². The van der Waals surface area contributed by atoms with E-state index in [2.05, 4.69) is 50.7 Å². The molecule has 3 N–H and O–H groups in total. The average molecular weight is 704 g/mol. The third-order valence-electron chi connectivity index (χ3n) is 10.2. The molecule has 2 fully saturated rings. The lowest BCUT2D eigenvalue weighted by Crippen LogP contribution is -2.47. The number of rotatable bonds is 13. The Morgan fingerprint density at radius 2 is 1.92 bits per heavy atom. The first-order chi connectivity index (χ1) is 24.2. The number of H-pyrrole nitrogens is 1. The zero-order chi connectivity index (χ0) is 35.2. The summed E-state index contributed by atoms with van der Waals surface area (Å²) < 4.78 is 22.4. The Bertz CT molecular complexity index is 1830. The van der Waals surface area contributed by atoms with Gasteiger partial charge in [0.05, 0.1) is 35.5 Å². The number of benzene rings is 2. The zero-order valence-corrected chi connectivity index (χ0v) is 30.4. The number of piperidine rings is 1. The van der Waals surface area contributed by atoms with E-state index >= 15 is 4.39 Å². The standard InChI is InChI=1S/C39H51ClFN7O2/c1-26(2)6-4-7-28-22-33(37(41)34(40)23-28)35-24-30-25-48(39(49)45-38(30)44-35)32-12-10-29(11-13-32)36-9-5-8-31(14-15-43-27(3)42)47(36)17-16-46-18-20-50-21-19-46/h10-13,22-26,31,36H,4-9,14-21H2,1-3H3,(H2,42,43)(H,44,45,49)/t31-,36-/m0/s1. The number of aromatic nitrogens is 3. The number of nitrogens with one attached hydrogen (secondary N) is 1. The average Bonchev–Trinajstić information content (AvgIpc) is 3.51. The maximum atomic E-state index is 15.3. The number of hydrogen-bond donors (Lipinski definition) is 2. The first-order valence-corrected chi connectivity index (χ1v) is 18.6. The summed E-state index contributed by atoms with van der Waals surface area (Å²) in [6.45, 7) is 12.5. The van der Waals surface area contributed by atoms with Crippen LogP contribution in [0.25, 0.3) is 28.0 Å². The first-order valence-electron chi connectivity index (χ1n) is 18.2. The fourth-order valence-electron chi connectivity index (χ4n) is 7.49. The molecule has 0 bridgehead atoms. The predicted octanol–water partition coefficient (Wildman–Crippen LogP) is 7.15. The van der Waals surface area contributed by atoms with Crippen LogP contribution in [0.3, 0.4) is 0 Å². The zero-order valence-electron chi connectivity index (χ0n) is 29.6. The van der Waals surface area contributed by atoms with Gasteiger partial charge in [-0.05, 0) is 92.8 Å². The molecule has 2 atom stereocenters. The van der Waals surface area contributed by atoms with Gasteiger partial charge in [0.1, 0.15) is 5.65 Å². The molecule has 268 valence electrons. The summed E-state index contributed by atoms with van der Waals surface area (Å²) in [6.07, 6.45) is 9.04. The van der Waals surface area contributed by atoms with Gasteiger partial charge in [-0.15, -0.1) is 0 Å². The topological polar surface area (TPSA) is 105 Å². The minimum absolute atomic E-state index is 0.0939. The number of nitrogens with zero attached hydrogens (tertiary/aromatic N) is 5. The number of aromatic amines is 1. The Hall–Kier alpha value is -3.57. The van der Waals surface area contributed by atoms with E-state index in [4.69, 9.17) is 22.1 Å². The van der Waals surface area contributed by atoms with Gasteiger partial charge in [-0.25, -0.2) is 9.18 Å².